The first-order valence-corrected chi connectivity index (χ1v) is 11.2. The summed E-state index contributed by atoms with van der Waals surface area (Å²) in [6, 6.07) is 0. The van der Waals surface area contributed by atoms with Crippen LogP contribution in [0.5, 0.6) is 5.75 Å². The highest BCUT2D eigenvalue weighted by Gasteiger charge is 2.42. The Bertz CT molecular complexity index is 651. The Morgan fingerprint density at radius 2 is 1.59 bits per heavy atom. The van der Waals surface area contributed by atoms with Crippen molar-refractivity contribution in [2.45, 2.75) is 124 Å². The zero-order chi connectivity index (χ0) is 20.6. The second-order valence-corrected chi connectivity index (χ2v) is 10.1. The molecule has 1 nitrogen and oxygen atoms in total. The minimum atomic E-state index is -0.0772. The SMILES string of the molecule is CC[C]C(CC)(CC)c1c(CC)c(C(C)(C)C)c(O)c2c1CCCC2(C)C. The summed E-state index contributed by atoms with van der Waals surface area (Å²) in [7, 11) is 0. The van der Waals surface area contributed by atoms with Crippen LogP contribution in [0.25, 0.3) is 0 Å². The van der Waals surface area contributed by atoms with E-state index in [2.05, 4.69) is 68.7 Å². The standard InChI is InChI=1S/C26H42O/c1-10-16-26(12-3,13-4)20-18(11-2)21(24(5,6)7)23(27)22-19(20)15-14-17-25(22,8)9/h27H,10-15,17H2,1-9H3. The fourth-order valence-electron chi connectivity index (χ4n) is 5.67. The van der Waals surface area contributed by atoms with E-state index in [0.717, 1.165) is 38.5 Å². The molecule has 0 heterocycles. The number of phenolic OH excluding ortho intramolecular Hbond substituents is 1. The molecule has 1 aliphatic carbocycles. The maximum absolute atomic E-state index is 11.6. The van der Waals surface area contributed by atoms with Gasteiger partial charge in [-0.05, 0) is 78.9 Å². The molecule has 1 heteroatoms. The molecule has 2 rings (SSSR count). The summed E-state index contributed by atoms with van der Waals surface area (Å²) in [4.78, 5) is 0. The number of phenols is 1. The fraction of sp³-hybridized carbons (Fsp3) is 0.731. The minimum Gasteiger partial charge on any atom is -0.507 e. The average Bonchev–Trinajstić information content (AvgIpc) is 2.57. The average molecular weight is 371 g/mol. The number of hydrogen-bond donors (Lipinski definition) is 1. The predicted molar refractivity (Wildman–Crippen MR) is 118 cm³/mol. The molecule has 152 valence electrons. The molecule has 0 amide bonds. The van der Waals surface area contributed by atoms with Crippen molar-refractivity contribution in [3.63, 3.8) is 0 Å². The summed E-state index contributed by atoms with van der Waals surface area (Å²) >= 11 is 0. The van der Waals surface area contributed by atoms with E-state index in [1.807, 2.05) is 0 Å². The van der Waals surface area contributed by atoms with Gasteiger partial charge in [0, 0.05) is 16.5 Å². The zero-order valence-corrected chi connectivity index (χ0v) is 19.4. The van der Waals surface area contributed by atoms with Gasteiger partial charge < -0.3 is 5.11 Å². The van der Waals surface area contributed by atoms with Gasteiger partial charge in [0.1, 0.15) is 5.75 Å². The molecule has 0 saturated heterocycles. The van der Waals surface area contributed by atoms with E-state index in [9.17, 15) is 5.11 Å². The van der Waals surface area contributed by atoms with Crippen molar-refractivity contribution in [3.8, 4) is 5.75 Å². The van der Waals surface area contributed by atoms with Crippen LogP contribution in [-0.2, 0) is 29.1 Å². The number of rotatable bonds is 6. The zero-order valence-electron chi connectivity index (χ0n) is 19.4. The van der Waals surface area contributed by atoms with Crippen LogP contribution in [-0.4, -0.2) is 5.11 Å². The molecular weight excluding hydrogens is 328 g/mol. The molecule has 0 aromatic heterocycles. The van der Waals surface area contributed by atoms with E-state index in [4.69, 9.17) is 0 Å². The van der Waals surface area contributed by atoms with Crippen molar-refractivity contribution in [1.82, 2.24) is 0 Å². The smallest absolute Gasteiger partial charge is 0.123 e. The number of hydrogen-bond acceptors (Lipinski definition) is 1. The van der Waals surface area contributed by atoms with Gasteiger partial charge in [0.05, 0.1) is 0 Å². The Morgan fingerprint density at radius 3 is 2.04 bits per heavy atom. The quantitative estimate of drug-likeness (QED) is 0.552. The third-order valence-electron chi connectivity index (χ3n) is 6.89. The Hall–Kier alpha value is -0.980. The van der Waals surface area contributed by atoms with Crippen molar-refractivity contribution in [3.05, 3.63) is 34.2 Å². The lowest BCUT2D eigenvalue weighted by Crippen LogP contribution is -2.35. The van der Waals surface area contributed by atoms with E-state index in [-0.39, 0.29) is 16.2 Å². The van der Waals surface area contributed by atoms with Gasteiger partial charge in [-0.3, -0.25) is 0 Å². The molecule has 1 aromatic rings. The van der Waals surface area contributed by atoms with E-state index in [0.29, 0.717) is 5.75 Å². The fourth-order valence-corrected chi connectivity index (χ4v) is 5.67. The summed E-state index contributed by atoms with van der Waals surface area (Å²) in [5, 5.41) is 11.6. The van der Waals surface area contributed by atoms with Crippen molar-refractivity contribution in [2.24, 2.45) is 0 Å². The van der Waals surface area contributed by atoms with Crippen LogP contribution in [0.3, 0.4) is 0 Å². The lowest BCUT2D eigenvalue weighted by atomic mass is 9.60. The van der Waals surface area contributed by atoms with Crippen LogP contribution in [0.2, 0.25) is 0 Å². The first-order valence-electron chi connectivity index (χ1n) is 11.2. The van der Waals surface area contributed by atoms with Crippen molar-refractivity contribution in [2.75, 3.05) is 0 Å². The Labute approximate surface area is 169 Å². The largest absolute Gasteiger partial charge is 0.507 e. The molecule has 0 spiro atoms. The number of fused-ring (bicyclic) bond motifs is 1. The van der Waals surface area contributed by atoms with Crippen LogP contribution >= 0.6 is 0 Å². The van der Waals surface area contributed by atoms with Gasteiger partial charge in [-0.25, -0.2) is 0 Å². The lowest BCUT2D eigenvalue weighted by Gasteiger charge is -2.44. The van der Waals surface area contributed by atoms with Gasteiger partial charge >= 0.3 is 0 Å². The molecule has 0 atom stereocenters. The van der Waals surface area contributed by atoms with Gasteiger partial charge in [-0.2, -0.15) is 0 Å². The molecule has 0 fully saturated rings. The molecule has 0 bridgehead atoms. The van der Waals surface area contributed by atoms with Gasteiger partial charge in [-0.15, -0.1) is 0 Å². The summed E-state index contributed by atoms with van der Waals surface area (Å²) < 4.78 is 0. The summed E-state index contributed by atoms with van der Waals surface area (Å²) in [5.74, 6) is 0.584. The molecule has 2 radical (unpaired) electrons. The Kier molecular flexibility index (Phi) is 6.45. The first-order chi connectivity index (χ1) is 12.5. The summed E-state index contributed by atoms with van der Waals surface area (Å²) in [6.45, 7) is 20.5. The van der Waals surface area contributed by atoms with E-state index in [1.165, 1.54) is 34.2 Å². The third kappa shape index (κ3) is 3.68. The molecule has 0 unspecified atom stereocenters. The van der Waals surface area contributed by atoms with Gasteiger partial charge in [0.2, 0.25) is 0 Å². The second kappa shape index (κ2) is 7.80. The summed E-state index contributed by atoms with van der Waals surface area (Å²) in [5.41, 5.74) is 6.70. The molecule has 0 aliphatic heterocycles. The Balaban J connectivity index is 3.07. The summed E-state index contributed by atoms with van der Waals surface area (Å²) in [6.07, 6.45) is 11.4. The van der Waals surface area contributed by atoms with Gasteiger partial charge in [0.15, 0.2) is 0 Å². The highest BCUT2D eigenvalue weighted by molar-refractivity contribution is 5.63. The normalized spacial score (nSPS) is 17.1. The monoisotopic (exact) mass is 370 g/mol. The van der Waals surface area contributed by atoms with Crippen molar-refractivity contribution in [1.29, 1.82) is 0 Å². The van der Waals surface area contributed by atoms with Crippen molar-refractivity contribution < 1.29 is 5.11 Å². The van der Waals surface area contributed by atoms with E-state index < -0.39 is 0 Å². The van der Waals surface area contributed by atoms with Gasteiger partial charge in [0.25, 0.3) is 0 Å². The predicted octanol–water partition coefficient (Wildman–Crippen LogP) is 7.42. The third-order valence-corrected chi connectivity index (χ3v) is 6.89. The molecular formula is C26H42O. The molecule has 0 saturated carbocycles. The molecule has 27 heavy (non-hydrogen) atoms. The lowest BCUT2D eigenvalue weighted by molar-refractivity contribution is 0.367. The first kappa shape index (κ1) is 22.3. The molecule has 1 N–H and O–H groups in total. The highest BCUT2D eigenvalue weighted by atomic mass is 16.3. The van der Waals surface area contributed by atoms with Gasteiger partial charge in [-0.1, -0.05) is 62.3 Å². The second-order valence-electron chi connectivity index (χ2n) is 10.1. The maximum atomic E-state index is 11.6. The molecule has 1 aliphatic rings. The van der Waals surface area contributed by atoms with Crippen LogP contribution in [0.15, 0.2) is 0 Å². The number of benzene rings is 1. The highest BCUT2D eigenvalue weighted by Crippen LogP contribution is 2.53. The van der Waals surface area contributed by atoms with Crippen LogP contribution < -0.4 is 0 Å². The van der Waals surface area contributed by atoms with E-state index >= 15 is 0 Å². The Morgan fingerprint density at radius 1 is 1.00 bits per heavy atom. The molecule has 1 aromatic carbocycles. The minimum absolute atomic E-state index is 0.00863. The van der Waals surface area contributed by atoms with Crippen LogP contribution in [0, 0.1) is 6.42 Å². The van der Waals surface area contributed by atoms with Crippen LogP contribution in [0.4, 0.5) is 0 Å². The topological polar surface area (TPSA) is 20.2 Å². The van der Waals surface area contributed by atoms with Crippen LogP contribution in [0.1, 0.15) is 122 Å². The van der Waals surface area contributed by atoms with Crippen molar-refractivity contribution >= 4 is 0 Å². The maximum Gasteiger partial charge on any atom is 0.123 e. The number of aromatic hydroxyl groups is 1. The van der Waals surface area contributed by atoms with E-state index in [1.54, 1.807) is 0 Å².